The zero-order valence-electron chi connectivity index (χ0n) is 13.8. The molecule has 2 aromatic rings. The molecule has 1 amide bonds. The van der Waals surface area contributed by atoms with E-state index in [1.807, 2.05) is 0 Å². The molecule has 0 saturated heterocycles. The van der Waals surface area contributed by atoms with Gasteiger partial charge < -0.3 is 25.0 Å². The Morgan fingerprint density at radius 3 is 2.20 bits per heavy atom. The van der Waals surface area contributed by atoms with E-state index in [0.29, 0.717) is 17.1 Å². The maximum atomic E-state index is 12.3. The van der Waals surface area contributed by atoms with Crippen LogP contribution in [-0.4, -0.2) is 42.4 Å². The summed E-state index contributed by atoms with van der Waals surface area (Å²) >= 11 is 0. The molecule has 2 atom stereocenters. The molecule has 132 valence electrons. The molecular formula is C18H19NO6. The number of methoxy groups -OCH3 is 2. The SMILES string of the molecule is COc1ccc(C(O)C(NC(=O)c2cccc(OC)c2)C(=O)O)cc1. The van der Waals surface area contributed by atoms with E-state index >= 15 is 0 Å². The lowest BCUT2D eigenvalue weighted by molar-refractivity contribution is -0.142. The van der Waals surface area contributed by atoms with Gasteiger partial charge in [-0.05, 0) is 35.9 Å². The summed E-state index contributed by atoms with van der Waals surface area (Å²) in [6.07, 6.45) is -1.42. The fourth-order valence-electron chi connectivity index (χ4n) is 2.26. The second-order valence-electron chi connectivity index (χ2n) is 5.24. The first-order valence-corrected chi connectivity index (χ1v) is 7.46. The summed E-state index contributed by atoms with van der Waals surface area (Å²) in [5.41, 5.74) is 0.576. The summed E-state index contributed by atoms with van der Waals surface area (Å²) < 4.78 is 10.1. The normalized spacial score (nSPS) is 12.8. The Bertz CT molecular complexity index is 743. The summed E-state index contributed by atoms with van der Waals surface area (Å²) in [5, 5.41) is 22.1. The number of nitrogens with one attached hydrogen (secondary N) is 1. The van der Waals surface area contributed by atoms with Gasteiger partial charge in [0.2, 0.25) is 0 Å². The van der Waals surface area contributed by atoms with Gasteiger partial charge in [-0.3, -0.25) is 4.79 Å². The van der Waals surface area contributed by atoms with Crippen molar-refractivity contribution in [2.24, 2.45) is 0 Å². The Morgan fingerprint density at radius 1 is 1.00 bits per heavy atom. The number of carbonyl (C=O) groups excluding carboxylic acids is 1. The Balaban J connectivity index is 2.18. The molecule has 0 heterocycles. The first-order valence-electron chi connectivity index (χ1n) is 7.46. The molecule has 0 fully saturated rings. The number of aliphatic hydroxyl groups is 1. The monoisotopic (exact) mass is 345 g/mol. The van der Waals surface area contributed by atoms with Gasteiger partial charge in [-0.25, -0.2) is 4.79 Å². The minimum Gasteiger partial charge on any atom is -0.497 e. The molecular weight excluding hydrogens is 326 g/mol. The molecule has 7 heteroatoms. The highest BCUT2D eigenvalue weighted by Gasteiger charge is 2.30. The molecule has 0 aliphatic heterocycles. The lowest BCUT2D eigenvalue weighted by Gasteiger charge is -2.21. The topological polar surface area (TPSA) is 105 Å². The number of rotatable bonds is 7. The van der Waals surface area contributed by atoms with E-state index in [1.54, 1.807) is 24.3 Å². The highest BCUT2D eigenvalue weighted by molar-refractivity contribution is 5.97. The number of hydrogen-bond acceptors (Lipinski definition) is 5. The van der Waals surface area contributed by atoms with E-state index in [-0.39, 0.29) is 5.56 Å². The molecule has 0 aliphatic carbocycles. The van der Waals surface area contributed by atoms with Gasteiger partial charge in [0.1, 0.15) is 17.6 Å². The van der Waals surface area contributed by atoms with E-state index in [9.17, 15) is 19.8 Å². The van der Waals surface area contributed by atoms with Crippen LogP contribution in [0.15, 0.2) is 48.5 Å². The fourth-order valence-corrected chi connectivity index (χ4v) is 2.26. The molecule has 2 rings (SSSR count). The molecule has 3 N–H and O–H groups in total. The maximum Gasteiger partial charge on any atom is 0.329 e. The number of carboxylic acid groups (broad SMARTS) is 1. The molecule has 7 nitrogen and oxygen atoms in total. The van der Waals surface area contributed by atoms with Crippen molar-refractivity contribution in [2.75, 3.05) is 14.2 Å². The lowest BCUT2D eigenvalue weighted by Crippen LogP contribution is -2.45. The first kappa shape index (κ1) is 18.3. The molecule has 0 aliphatic rings. The van der Waals surface area contributed by atoms with Crippen LogP contribution in [-0.2, 0) is 4.79 Å². The average Bonchev–Trinajstić information content (AvgIpc) is 2.65. The molecule has 2 unspecified atom stereocenters. The predicted octanol–water partition coefficient (Wildman–Crippen LogP) is 1.62. The number of hydrogen-bond donors (Lipinski definition) is 3. The number of benzene rings is 2. The second-order valence-corrected chi connectivity index (χ2v) is 5.24. The zero-order chi connectivity index (χ0) is 18.4. The standard InChI is InChI=1S/C18H19NO6/c1-24-13-8-6-11(7-9-13)16(20)15(18(22)23)19-17(21)12-4-3-5-14(10-12)25-2/h3-10,15-16,20H,1-2H3,(H,19,21)(H,22,23). The smallest absolute Gasteiger partial charge is 0.329 e. The van der Waals surface area contributed by atoms with Gasteiger partial charge in [-0.1, -0.05) is 18.2 Å². The fraction of sp³-hybridized carbons (Fsp3) is 0.222. The zero-order valence-corrected chi connectivity index (χ0v) is 13.8. The summed E-state index contributed by atoms with van der Waals surface area (Å²) in [7, 11) is 2.96. The Morgan fingerprint density at radius 2 is 1.64 bits per heavy atom. The maximum absolute atomic E-state index is 12.3. The third-order valence-electron chi connectivity index (χ3n) is 3.66. The minimum atomic E-state index is -1.51. The third kappa shape index (κ3) is 4.48. The molecule has 0 spiro atoms. The van der Waals surface area contributed by atoms with E-state index in [4.69, 9.17) is 9.47 Å². The van der Waals surface area contributed by atoms with Gasteiger partial charge in [0.25, 0.3) is 5.91 Å². The number of ether oxygens (including phenoxy) is 2. The van der Waals surface area contributed by atoms with Gasteiger partial charge in [-0.2, -0.15) is 0 Å². The summed E-state index contributed by atoms with van der Waals surface area (Å²) in [4.78, 5) is 23.8. The largest absolute Gasteiger partial charge is 0.497 e. The van der Waals surface area contributed by atoms with E-state index in [0.717, 1.165) is 0 Å². The van der Waals surface area contributed by atoms with Crippen LogP contribution in [0.2, 0.25) is 0 Å². The van der Waals surface area contributed by atoms with Crippen LogP contribution in [0.5, 0.6) is 11.5 Å². The van der Waals surface area contributed by atoms with Crippen molar-refractivity contribution in [2.45, 2.75) is 12.1 Å². The number of amides is 1. The third-order valence-corrected chi connectivity index (χ3v) is 3.66. The van der Waals surface area contributed by atoms with Gasteiger partial charge in [-0.15, -0.1) is 0 Å². The Hall–Kier alpha value is -3.06. The van der Waals surface area contributed by atoms with Crippen molar-refractivity contribution in [3.63, 3.8) is 0 Å². The van der Waals surface area contributed by atoms with Crippen molar-refractivity contribution in [3.8, 4) is 11.5 Å². The van der Waals surface area contributed by atoms with Crippen molar-refractivity contribution < 1.29 is 29.3 Å². The summed E-state index contributed by atoms with van der Waals surface area (Å²) in [5.74, 6) is -0.933. The van der Waals surface area contributed by atoms with Crippen LogP contribution in [0, 0.1) is 0 Å². The van der Waals surface area contributed by atoms with E-state index < -0.39 is 24.0 Å². The lowest BCUT2D eigenvalue weighted by atomic mass is 10.0. The van der Waals surface area contributed by atoms with Crippen LogP contribution < -0.4 is 14.8 Å². The molecule has 0 aromatic heterocycles. The summed E-state index contributed by atoms with van der Waals surface area (Å²) in [6, 6.07) is 11.1. The average molecular weight is 345 g/mol. The van der Waals surface area contributed by atoms with Gasteiger partial charge >= 0.3 is 5.97 Å². The molecule has 2 aromatic carbocycles. The molecule has 0 bridgehead atoms. The van der Waals surface area contributed by atoms with Gasteiger partial charge in [0.15, 0.2) is 6.04 Å². The highest BCUT2D eigenvalue weighted by Crippen LogP contribution is 2.21. The van der Waals surface area contributed by atoms with Crippen LogP contribution in [0.4, 0.5) is 0 Å². The molecule has 0 radical (unpaired) electrons. The molecule has 0 saturated carbocycles. The Kier molecular flexibility index (Phi) is 5.97. The quantitative estimate of drug-likeness (QED) is 0.704. The van der Waals surface area contributed by atoms with Crippen LogP contribution >= 0.6 is 0 Å². The Labute approximate surface area is 144 Å². The van der Waals surface area contributed by atoms with Crippen molar-refractivity contribution in [1.82, 2.24) is 5.32 Å². The van der Waals surface area contributed by atoms with Crippen molar-refractivity contribution in [3.05, 3.63) is 59.7 Å². The van der Waals surface area contributed by atoms with Crippen molar-refractivity contribution >= 4 is 11.9 Å². The number of carboxylic acids is 1. The van der Waals surface area contributed by atoms with Crippen LogP contribution in [0.1, 0.15) is 22.0 Å². The number of aliphatic carboxylic acids is 1. The second kappa shape index (κ2) is 8.16. The van der Waals surface area contributed by atoms with Crippen LogP contribution in [0.3, 0.4) is 0 Å². The summed E-state index contributed by atoms with van der Waals surface area (Å²) in [6.45, 7) is 0. The molecule has 25 heavy (non-hydrogen) atoms. The first-order chi connectivity index (χ1) is 12.0. The highest BCUT2D eigenvalue weighted by atomic mass is 16.5. The van der Waals surface area contributed by atoms with E-state index in [2.05, 4.69) is 5.32 Å². The van der Waals surface area contributed by atoms with Crippen molar-refractivity contribution in [1.29, 1.82) is 0 Å². The van der Waals surface area contributed by atoms with Gasteiger partial charge in [0.05, 0.1) is 14.2 Å². The predicted molar refractivity (Wildman–Crippen MR) is 89.8 cm³/mol. The van der Waals surface area contributed by atoms with Gasteiger partial charge in [0, 0.05) is 5.56 Å². The number of carbonyl (C=O) groups is 2. The van der Waals surface area contributed by atoms with E-state index in [1.165, 1.54) is 38.5 Å². The minimum absolute atomic E-state index is 0.229. The number of aliphatic hydroxyl groups excluding tert-OH is 1. The van der Waals surface area contributed by atoms with Crippen LogP contribution in [0.25, 0.3) is 0 Å².